The summed E-state index contributed by atoms with van der Waals surface area (Å²) in [6, 6.07) is 0. The molecule has 1 aliphatic heterocycles. The predicted molar refractivity (Wildman–Crippen MR) is 82.2 cm³/mol. The molecule has 1 saturated carbocycles. The Bertz CT molecular complexity index is 488. The van der Waals surface area contributed by atoms with Gasteiger partial charge in [0.15, 0.2) is 0 Å². The van der Waals surface area contributed by atoms with Crippen molar-refractivity contribution in [3.63, 3.8) is 0 Å². The summed E-state index contributed by atoms with van der Waals surface area (Å²) < 4.78 is 2.41. The van der Waals surface area contributed by atoms with Gasteiger partial charge in [0.1, 0.15) is 11.5 Å². The van der Waals surface area contributed by atoms with Gasteiger partial charge in [-0.3, -0.25) is 4.79 Å². The van der Waals surface area contributed by atoms with Crippen molar-refractivity contribution in [1.29, 1.82) is 0 Å². The maximum atomic E-state index is 12.4. The molecule has 0 bridgehead atoms. The fourth-order valence-corrected chi connectivity index (χ4v) is 4.04. The molecule has 110 valence electrons. The van der Waals surface area contributed by atoms with Gasteiger partial charge in [-0.05, 0) is 31.9 Å². The molecule has 0 aromatic carbocycles. The molecule has 1 aromatic rings. The molecule has 5 heteroatoms. The molecule has 1 fully saturated rings. The van der Waals surface area contributed by atoms with E-state index in [4.69, 9.17) is 0 Å². The SMILES string of the molecule is CSC1(CNC(=O)c2cnc3n2CCCCC3)CCC1. The molecule has 2 heterocycles. The molecule has 3 rings (SSSR count). The number of fused-ring (bicyclic) bond motifs is 1. The minimum absolute atomic E-state index is 0.0472. The van der Waals surface area contributed by atoms with Crippen LogP contribution in [0.4, 0.5) is 0 Å². The largest absolute Gasteiger partial charge is 0.349 e. The Balaban J connectivity index is 1.67. The fourth-order valence-electron chi connectivity index (χ4n) is 3.13. The van der Waals surface area contributed by atoms with E-state index < -0.39 is 0 Å². The molecular formula is C15H23N3OS. The number of imidazole rings is 1. The second-order valence-electron chi connectivity index (χ2n) is 5.95. The average molecular weight is 293 g/mol. The van der Waals surface area contributed by atoms with Crippen molar-refractivity contribution in [2.75, 3.05) is 12.8 Å². The molecule has 0 saturated heterocycles. The number of nitrogens with zero attached hydrogens (tertiary/aromatic N) is 2. The number of nitrogens with one attached hydrogen (secondary N) is 1. The maximum Gasteiger partial charge on any atom is 0.269 e. The zero-order chi connectivity index (χ0) is 14.0. The van der Waals surface area contributed by atoms with E-state index in [1.54, 1.807) is 6.20 Å². The molecule has 1 aliphatic carbocycles. The maximum absolute atomic E-state index is 12.4. The van der Waals surface area contributed by atoms with E-state index in [1.807, 2.05) is 11.8 Å². The first-order chi connectivity index (χ1) is 9.74. The second kappa shape index (κ2) is 5.80. The van der Waals surface area contributed by atoms with Gasteiger partial charge in [0.2, 0.25) is 0 Å². The monoisotopic (exact) mass is 293 g/mol. The van der Waals surface area contributed by atoms with Gasteiger partial charge in [0, 0.05) is 24.3 Å². The van der Waals surface area contributed by atoms with Crippen LogP contribution in [0.2, 0.25) is 0 Å². The first-order valence-corrected chi connectivity index (χ1v) is 8.84. The molecule has 1 aromatic heterocycles. The van der Waals surface area contributed by atoms with Gasteiger partial charge >= 0.3 is 0 Å². The lowest BCUT2D eigenvalue weighted by molar-refractivity contribution is 0.0934. The Hall–Kier alpha value is -0.970. The minimum atomic E-state index is 0.0472. The molecule has 0 spiro atoms. The van der Waals surface area contributed by atoms with Crippen molar-refractivity contribution in [2.45, 2.75) is 56.2 Å². The summed E-state index contributed by atoms with van der Waals surface area (Å²) >= 11 is 1.89. The summed E-state index contributed by atoms with van der Waals surface area (Å²) in [4.78, 5) is 16.8. The minimum Gasteiger partial charge on any atom is -0.349 e. The highest BCUT2D eigenvalue weighted by atomic mass is 32.2. The predicted octanol–water partition coefficient (Wildman–Crippen LogP) is 2.63. The highest BCUT2D eigenvalue weighted by Crippen LogP contribution is 2.42. The van der Waals surface area contributed by atoms with Crippen LogP contribution in [0.25, 0.3) is 0 Å². The molecule has 0 radical (unpaired) electrons. The van der Waals surface area contributed by atoms with Crippen LogP contribution in [-0.4, -0.2) is 33.0 Å². The molecule has 20 heavy (non-hydrogen) atoms. The zero-order valence-corrected chi connectivity index (χ0v) is 13.0. The zero-order valence-electron chi connectivity index (χ0n) is 12.2. The molecular weight excluding hydrogens is 270 g/mol. The molecule has 0 atom stereocenters. The van der Waals surface area contributed by atoms with Crippen LogP contribution >= 0.6 is 11.8 Å². The van der Waals surface area contributed by atoms with E-state index in [0.717, 1.165) is 37.4 Å². The van der Waals surface area contributed by atoms with Gasteiger partial charge in [-0.2, -0.15) is 11.8 Å². The summed E-state index contributed by atoms with van der Waals surface area (Å²) in [6.45, 7) is 1.72. The smallest absolute Gasteiger partial charge is 0.269 e. The van der Waals surface area contributed by atoms with Gasteiger partial charge in [-0.15, -0.1) is 0 Å². The Labute approximate surface area is 124 Å². The molecule has 0 unspecified atom stereocenters. The number of amides is 1. The van der Waals surface area contributed by atoms with Crippen LogP contribution in [0.3, 0.4) is 0 Å². The summed E-state index contributed by atoms with van der Waals surface area (Å²) in [6.07, 6.45) is 12.2. The third-order valence-electron chi connectivity index (χ3n) is 4.72. The Kier molecular flexibility index (Phi) is 4.06. The van der Waals surface area contributed by atoms with Crippen LogP contribution in [0.5, 0.6) is 0 Å². The number of aromatic nitrogens is 2. The molecule has 4 nitrogen and oxygen atoms in total. The topological polar surface area (TPSA) is 46.9 Å². The van der Waals surface area contributed by atoms with Crippen molar-refractivity contribution in [3.05, 3.63) is 17.7 Å². The first-order valence-electron chi connectivity index (χ1n) is 7.62. The lowest BCUT2D eigenvalue weighted by atomic mass is 9.84. The van der Waals surface area contributed by atoms with E-state index in [0.29, 0.717) is 0 Å². The van der Waals surface area contributed by atoms with Crippen LogP contribution < -0.4 is 5.32 Å². The lowest BCUT2D eigenvalue weighted by Gasteiger charge is -2.40. The summed E-state index contributed by atoms with van der Waals surface area (Å²) in [5.41, 5.74) is 0.748. The van der Waals surface area contributed by atoms with Crippen molar-refractivity contribution < 1.29 is 4.79 Å². The Morgan fingerprint density at radius 1 is 1.40 bits per heavy atom. The standard InChI is InChI=1S/C15H23N3OS/c1-20-15(7-5-8-15)11-17-14(19)12-10-16-13-6-3-2-4-9-18(12)13/h10H,2-9,11H2,1H3,(H,17,19). The van der Waals surface area contributed by atoms with Gasteiger partial charge in [-0.1, -0.05) is 12.8 Å². The van der Waals surface area contributed by atoms with Crippen molar-refractivity contribution in [1.82, 2.24) is 14.9 Å². The van der Waals surface area contributed by atoms with Gasteiger partial charge in [0.25, 0.3) is 5.91 Å². The van der Waals surface area contributed by atoms with Crippen LogP contribution in [-0.2, 0) is 13.0 Å². The summed E-state index contributed by atoms with van der Waals surface area (Å²) in [5.74, 6) is 1.13. The van der Waals surface area contributed by atoms with Crippen molar-refractivity contribution >= 4 is 17.7 Å². The van der Waals surface area contributed by atoms with Crippen LogP contribution in [0.15, 0.2) is 6.20 Å². The van der Waals surface area contributed by atoms with E-state index in [1.165, 1.54) is 32.1 Å². The number of thioether (sulfide) groups is 1. The highest BCUT2D eigenvalue weighted by molar-refractivity contribution is 8.00. The number of carbonyl (C=O) groups excluding carboxylic acids is 1. The fraction of sp³-hybridized carbons (Fsp3) is 0.733. The van der Waals surface area contributed by atoms with Crippen LogP contribution in [0, 0.1) is 0 Å². The number of hydrogen-bond donors (Lipinski definition) is 1. The van der Waals surface area contributed by atoms with Gasteiger partial charge in [-0.25, -0.2) is 4.98 Å². The van der Waals surface area contributed by atoms with Gasteiger partial charge in [0.05, 0.1) is 6.20 Å². The quantitative estimate of drug-likeness (QED) is 0.928. The first kappa shape index (κ1) is 14.0. The Morgan fingerprint density at radius 3 is 2.95 bits per heavy atom. The van der Waals surface area contributed by atoms with Crippen molar-refractivity contribution in [3.8, 4) is 0 Å². The third-order valence-corrected chi connectivity index (χ3v) is 6.14. The second-order valence-corrected chi connectivity index (χ2v) is 7.22. The summed E-state index contributed by atoms with van der Waals surface area (Å²) in [5, 5.41) is 3.13. The average Bonchev–Trinajstić information content (AvgIpc) is 2.67. The van der Waals surface area contributed by atoms with E-state index in [2.05, 4.69) is 21.1 Å². The van der Waals surface area contributed by atoms with Gasteiger partial charge < -0.3 is 9.88 Å². The molecule has 2 aliphatic rings. The van der Waals surface area contributed by atoms with E-state index in [-0.39, 0.29) is 10.7 Å². The highest BCUT2D eigenvalue weighted by Gasteiger charge is 2.36. The summed E-state index contributed by atoms with van der Waals surface area (Å²) in [7, 11) is 0. The number of hydrogen-bond acceptors (Lipinski definition) is 3. The number of rotatable bonds is 4. The lowest BCUT2D eigenvalue weighted by Crippen LogP contribution is -2.45. The normalized spacial score (nSPS) is 20.6. The molecule has 1 amide bonds. The molecule has 1 N–H and O–H groups in total. The number of aryl methyl sites for hydroxylation is 1. The van der Waals surface area contributed by atoms with Crippen LogP contribution in [0.1, 0.15) is 54.8 Å². The van der Waals surface area contributed by atoms with E-state index >= 15 is 0 Å². The number of carbonyl (C=O) groups is 1. The van der Waals surface area contributed by atoms with Crippen molar-refractivity contribution in [2.24, 2.45) is 0 Å². The third kappa shape index (κ3) is 2.60. The van der Waals surface area contributed by atoms with E-state index in [9.17, 15) is 4.79 Å². The Morgan fingerprint density at radius 2 is 2.25 bits per heavy atom.